The molecule has 1 heterocycles. The number of thioether (sulfide) groups is 1. The van der Waals surface area contributed by atoms with Crippen molar-refractivity contribution in [3.63, 3.8) is 0 Å². The average Bonchev–Trinajstić information content (AvgIpc) is 2.50. The lowest BCUT2D eigenvalue weighted by Crippen LogP contribution is -2.42. The number of hydrogen-bond donors (Lipinski definition) is 1. The maximum Gasteiger partial charge on any atom is 0.191 e. The van der Waals surface area contributed by atoms with E-state index in [1.54, 1.807) is 19.2 Å². The highest BCUT2D eigenvalue weighted by Gasteiger charge is 2.14. The van der Waals surface area contributed by atoms with E-state index in [0.717, 1.165) is 30.2 Å². The third-order valence-electron chi connectivity index (χ3n) is 3.28. The molecule has 0 amide bonds. The van der Waals surface area contributed by atoms with Crippen molar-refractivity contribution in [3.8, 4) is 0 Å². The van der Waals surface area contributed by atoms with Crippen LogP contribution in [0.15, 0.2) is 29.3 Å². The standard InChI is InChI=1S/C14H20FN3OS/c1-19-13(11-2-4-12(15)5-3-11)10-17-14(16)18-6-8-20-9-7-18/h2-5,13H,6-10H2,1H3,(H2,16,17). The number of aliphatic imine (C=N–C) groups is 1. The maximum absolute atomic E-state index is 12.9. The predicted octanol–water partition coefficient (Wildman–Crippen LogP) is 1.88. The summed E-state index contributed by atoms with van der Waals surface area (Å²) < 4.78 is 18.3. The fourth-order valence-electron chi connectivity index (χ4n) is 2.06. The second kappa shape index (κ2) is 7.50. The Kier molecular flexibility index (Phi) is 5.67. The third kappa shape index (κ3) is 4.11. The van der Waals surface area contributed by atoms with Gasteiger partial charge in [-0.05, 0) is 17.7 Å². The summed E-state index contributed by atoms with van der Waals surface area (Å²) in [5, 5.41) is 0. The molecule has 6 heteroatoms. The number of hydrogen-bond acceptors (Lipinski definition) is 3. The molecule has 1 aromatic carbocycles. The minimum atomic E-state index is -0.252. The van der Waals surface area contributed by atoms with Crippen LogP contribution in [0.5, 0.6) is 0 Å². The van der Waals surface area contributed by atoms with Gasteiger partial charge in [0, 0.05) is 31.7 Å². The van der Waals surface area contributed by atoms with Crippen LogP contribution in [0.25, 0.3) is 0 Å². The van der Waals surface area contributed by atoms with Gasteiger partial charge in [-0.25, -0.2) is 4.39 Å². The van der Waals surface area contributed by atoms with Gasteiger partial charge in [-0.15, -0.1) is 0 Å². The van der Waals surface area contributed by atoms with Crippen LogP contribution in [0.4, 0.5) is 4.39 Å². The highest BCUT2D eigenvalue weighted by Crippen LogP contribution is 2.17. The van der Waals surface area contributed by atoms with Crippen LogP contribution in [0.2, 0.25) is 0 Å². The molecule has 0 bridgehead atoms. The summed E-state index contributed by atoms with van der Waals surface area (Å²) in [5.41, 5.74) is 6.91. The molecule has 4 nitrogen and oxygen atoms in total. The molecular weight excluding hydrogens is 277 g/mol. The predicted molar refractivity (Wildman–Crippen MR) is 81.5 cm³/mol. The van der Waals surface area contributed by atoms with Crippen molar-refractivity contribution in [2.24, 2.45) is 10.7 Å². The minimum Gasteiger partial charge on any atom is -0.375 e. The van der Waals surface area contributed by atoms with Crippen LogP contribution in [0.1, 0.15) is 11.7 Å². The third-order valence-corrected chi connectivity index (χ3v) is 4.22. The zero-order chi connectivity index (χ0) is 14.4. The molecule has 1 atom stereocenters. The van der Waals surface area contributed by atoms with Crippen LogP contribution in [0.3, 0.4) is 0 Å². The first kappa shape index (κ1) is 15.1. The van der Waals surface area contributed by atoms with Gasteiger partial charge in [0.15, 0.2) is 5.96 Å². The SMILES string of the molecule is COC(CN=C(N)N1CCSCC1)c1ccc(F)cc1. The molecule has 1 aliphatic heterocycles. The molecule has 2 rings (SSSR count). The van der Waals surface area contributed by atoms with Gasteiger partial charge in [0.2, 0.25) is 0 Å². The van der Waals surface area contributed by atoms with E-state index in [9.17, 15) is 4.39 Å². The Balaban J connectivity index is 1.97. The molecule has 1 fully saturated rings. The van der Waals surface area contributed by atoms with Gasteiger partial charge >= 0.3 is 0 Å². The second-order valence-electron chi connectivity index (χ2n) is 4.57. The van der Waals surface area contributed by atoms with Crippen LogP contribution in [0, 0.1) is 5.82 Å². The van der Waals surface area contributed by atoms with Gasteiger partial charge < -0.3 is 15.4 Å². The van der Waals surface area contributed by atoms with Crippen molar-refractivity contribution in [2.45, 2.75) is 6.10 Å². The molecule has 0 aromatic heterocycles. The molecule has 0 aliphatic carbocycles. The second-order valence-corrected chi connectivity index (χ2v) is 5.80. The van der Waals surface area contributed by atoms with Gasteiger partial charge in [-0.2, -0.15) is 11.8 Å². The van der Waals surface area contributed by atoms with Crippen LogP contribution >= 0.6 is 11.8 Å². The van der Waals surface area contributed by atoms with Gasteiger partial charge in [0.1, 0.15) is 11.9 Å². The number of nitrogens with zero attached hydrogens (tertiary/aromatic N) is 2. The van der Waals surface area contributed by atoms with Gasteiger partial charge in [0.25, 0.3) is 0 Å². The van der Waals surface area contributed by atoms with Crippen molar-refractivity contribution in [1.29, 1.82) is 0 Å². The van der Waals surface area contributed by atoms with Crippen molar-refractivity contribution < 1.29 is 9.13 Å². The maximum atomic E-state index is 12.9. The smallest absolute Gasteiger partial charge is 0.191 e. The Labute approximate surface area is 123 Å². The lowest BCUT2D eigenvalue weighted by molar-refractivity contribution is 0.110. The first-order valence-corrected chi connectivity index (χ1v) is 7.77. The number of methoxy groups -OCH3 is 1. The monoisotopic (exact) mass is 297 g/mol. The molecule has 2 N–H and O–H groups in total. The summed E-state index contributed by atoms with van der Waals surface area (Å²) in [6.45, 7) is 2.32. The highest BCUT2D eigenvalue weighted by molar-refractivity contribution is 7.99. The number of rotatable bonds is 4. The Morgan fingerprint density at radius 1 is 1.40 bits per heavy atom. The minimum absolute atomic E-state index is 0.201. The van der Waals surface area contributed by atoms with Crippen molar-refractivity contribution in [2.75, 3.05) is 38.2 Å². The van der Waals surface area contributed by atoms with E-state index in [4.69, 9.17) is 10.5 Å². The fraction of sp³-hybridized carbons (Fsp3) is 0.500. The van der Waals surface area contributed by atoms with Crippen molar-refractivity contribution in [1.82, 2.24) is 4.90 Å². The number of guanidine groups is 1. The molecule has 110 valence electrons. The van der Waals surface area contributed by atoms with E-state index in [1.165, 1.54) is 12.1 Å². The van der Waals surface area contributed by atoms with E-state index < -0.39 is 0 Å². The topological polar surface area (TPSA) is 50.9 Å². The lowest BCUT2D eigenvalue weighted by atomic mass is 10.1. The van der Waals surface area contributed by atoms with Gasteiger partial charge in [-0.3, -0.25) is 4.99 Å². The molecule has 0 saturated carbocycles. The summed E-state index contributed by atoms with van der Waals surface area (Å²) in [6.07, 6.45) is -0.201. The zero-order valence-corrected chi connectivity index (χ0v) is 12.4. The first-order chi connectivity index (χ1) is 9.70. The lowest BCUT2D eigenvalue weighted by Gasteiger charge is -2.27. The molecule has 1 aliphatic rings. The quantitative estimate of drug-likeness (QED) is 0.681. The summed E-state index contributed by atoms with van der Waals surface area (Å²) in [4.78, 5) is 6.50. The Bertz CT molecular complexity index is 446. The molecule has 0 radical (unpaired) electrons. The van der Waals surface area contributed by atoms with Crippen molar-refractivity contribution in [3.05, 3.63) is 35.6 Å². The molecule has 20 heavy (non-hydrogen) atoms. The summed E-state index contributed by atoms with van der Waals surface area (Å²) in [6, 6.07) is 6.28. The zero-order valence-electron chi connectivity index (χ0n) is 11.6. The first-order valence-electron chi connectivity index (χ1n) is 6.61. The molecule has 1 saturated heterocycles. The fourth-order valence-corrected chi connectivity index (χ4v) is 2.97. The van der Waals surface area contributed by atoms with E-state index in [1.807, 2.05) is 11.8 Å². The van der Waals surface area contributed by atoms with E-state index in [-0.39, 0.29) is 11.9 Å². The van der Waals surface area contributed by atoms with E-state index in [2.05, 4.69) is 9.89 Å². The van der Waals surface area contributed by atoms with Gasteiger partial charge in [-0.1, -0.05) is 12.1 Å². The van der Waals surface area contributed by atoms with Crippen molar-refractivity contribution >= 4 is 17.7 Å². The van der Waals surface area contributed by atoms with Gasteiger partial charge in [0.05, 0.1) is 6.54 Å². The van der Waals surface area contributed by atoms with Crippen LogP contribution in [-0.2, 0) is 4.74 Å². The normalized spacial score (nSPS) is 18.1. The number of ether oxygens (including phenoxy) is 1. The highest BCUT2D eigenvalue weighted by atomic mass is 32.2. The molecule has 1 unspecified atom stereocenters. The Hall–Kier alpha value is -1.27. The molecule has 1 aromatic rings. The van der Waals surface area contributed by atoms with Crippen LogP contribution in [-0.4, -0.2) is 49.1 Å². The summed E-state index contributed by atoms with van der Waals surface area (Å²) in [7, 11) is 1.62. The van der Waals surface area contributed by atoms with E-state index in [0.29, 0.717) is 12.5 Å². The number of benzene rings is 1. The number of halogens is 1. The Morgan fingerprint density at radius 2 is 2.05 bits per heavy atom. The molecule has 0 spiro atoms. The largest absolute Gasteiger partial charge is 0.375 e. The summed E-state index contributed by atoms with van der Waals surface area (Å²) >= 11 is 1.93. The average molecular weight is 297 g/mol. The van der Waals surface area contributed by atoms with Crippen LogP contribution < -0.4 is 5.73 Å². The number of nitrogens with two attached hydrogens (primary N) is 1. The summed E-state index contributed by atoms with van der Waals surface area (Å²) in [5.74, 6) is 2.48. The van der Waals surface area contributed by atoms with E-state index >= 15 is 0 Å². The Morgan fingerprint density at radius 3 is 2.65 bits per heavy atom. The molecular formula is C14H20FN3OS.